The molecule has 1 atom stereocenters. The van der Waals surface area contributed by atoms with Gasteiger partial charge in [0.1, 0.15) is 6.54 Å². The number of nitrogens with zero attached hydrogens (tertiary/aromatic N) is 1. The van der Waals surface area contributed by atoms with Crippen LogP contribution in [0, 0.1) is 12.8 Å². The molecule has 0 saturated carbocycles. The van der Waals surface area contributed by atoms with Crippen LogP contribution in [0.3, 0.4) is 0 Å². The summed E-state index contributed by atoms with van der Waals surface area (Å²) in [6.45, 7) is 7.92. The van der Waals surface area contributed by atoms with Gasteiger partial charge in [-0.15, -0.1) is 0 Å². The van der Waals surface area contributed by atoms with E-state index in [1.165, 1.54) is 4.90 Å². The molecule has 5 nitrogen and oxygen atoms in total. The van der Waals surface area contributed by atoms with Crippen molar-refractivity contribution in [3.63, 3.8) is 0 Å². The Balaban J connectivity index is 2.76. The SMILES string of the molecule is Cc1ccccc1C(C)NC(=O)N(CC(=O)O)CC(C)C. The maximum Gasteiger partial charge on any atom is 0.323 e. The van der Waals surface area contributed by atoms with Crippen molar-refractivity contribution in [3.8, 4) is 0 Å². The summed E-state index contributed by atoms with van der Waals surface area (Å²) in [6, 6.07) is 7.31. The van der Waals surface area contributed by atoms with Gasteiger partial charge in [0.2, 0.25) is 0 Å². The highest BCUT2D eigenvalue weighted by Crippen LogP contribution is 2.17. The number of carboxylic acid groups (broad SMARTS) is 1. The summed E-state index contributed by atoms with van der Waals surface area (Å²) in [6.07, 6.45) is 0. The third-order valence-corrected chi connectivity index (χ3v) is 3.19. The van der Waals surface area contributed by atoms with E-state index in [1.807, 2.05) is 52.0 Å². The van der Waals surface area contributed by atoms with Gasteiger partial charge >= 0.3 is 12.0 Å². The number of carboxylic acids is 1. The number of hydrogen-bond donors (Lipinski definition) is 2. The lowest BCUT2D eigenvalue weighted by Crippen LogP contribution is -2.45. The molecule has 0 spiro atoms. The van der Waals surface area contributed by atoms with Gasteiger partial charge in [0.25, 0.3) is 0 Å². The Hall–Kier alpha value is -2.04. The zero-order chi connectivity index (χ0) is 16.0. The first-order chi connectivity index (χ1) is 9.81. The van der Waals surface area contributed by atoms with E-state index in [9.17, 15) is 9.59 Å². The van der Waals surface area contributed by atoms with Crippen LogP contribution < -0.4 is 5.32 Å². The second kappa shape index (κ2) is 7.67. The number of amides is 2. The monoisotopic (exact) mass is 292 g/mol. The first-order valence-corrected chi connectivity index (χ1v) is 7.14. The highest BCUT2D eigenvalue weighted by molar-refractivity contribution is 5.80. The van der Waals surface area contributed by atoms with Gasteiger partial charge in [0.15, 0.2) is 0 Å². The zero-order valence-corrected chi connectivity index (χ0v) is 13.1. The number of carbonyl (C=O) groups is 2. The third-order valence-electron chi connectivity index (χ3n) is 3.19. The summed E-state index contributed by atoms with van der Waals surface area (Å²) in [5.41, 5.74) is 2.13. The van der Waals surface area contributed by atoms with E-state index in [1.54, 1.807) is 0 Å². The molecule has 1 aromatic rings. The van der Waals surface area contributed by atoms with Crippen molar-refractivity contribution in [2.24, 2.45) is 5.92 Å². The normalized spacial score (nSPS) is 12.0. The molecule has 1 aromatic carbocycles. The third kappa shape index (κ3) is 5.45. The molecule has 0 heterocycles. The van der Waals surface area contributed by atoms with E-state index in [4.69, 9.17) is 5.11 Å². The fraction of sp³-hybridized carbons (Fsp3) is 0.500. The van der Waals surface area contributed by atoms with Crippen LogP contribution in [0.25, 0.3) is 0 Å². The molecular weight excluding hydrogens is 268 g/mol. The van der Waals surface area contributed by atoms with Crippen LogP contribution in [0.15, 0.2) is 24.3 Å². The van der Waals surface area contributed by atoms with Crippen LogP contribution in [0.4, 0.5) is 4.79 Å². The maximum absolute atomic E-state index is 12.3. The van der Waals surface area contributed by atoms with Gasteiger partial charge in [-0.05, 0) is 30.9 Å². The summed E-state index contributed by atoms with van der Waals surface area (Å²) < 4.78 is 0. The summed E-state index contributed by atoms with van der Waals surface area (Å²) in [5.74, 6) is -0.793. The van der Waals surface area contributed by atoms with Crippen molar-refractivity contribution in [1.82, 2.24) is 10.2 Å². The molecule has 0 aromatic heterocycles. The lowest BCUT2D eigenvalue weighted by Gasteiger charge is -2.26. The van der Waals surface area contributed by atoms with Gasteiger partial charge in [0.05, 0.1) is 6.04 Å². The quantitative estimate of drug-likeness (QED) is 0.847. The van der Waals surface area contributed by atoms with Gasteiger partial charge < -0.3 is 15.3 Å². The Kier molecular flexibility index (Phi) is 6.21. The Bertz CT molecular complexity index is 500. The topological polar surface area (TPSA) is 69.6 Å². The fourth-order valence-corrected chi connectivity index (χ4v) is 2.25. The molecule has 0 aliphatic carbocycles. The molecule has 0 aliphatic rings. The van der Waals surface area contributed by atoms with E-state index < -0.39 is 5.97 Å². The van der Waals surface area contributed by atoms with Gasteiger partial charge in [-0.1, -0.05) is 38.1 Å². The second-order valence-electron chi connectivity index (χ2n) is 5.70. The highest BCUT2D eigenvalue weighted by atomic mass is 16.4. The molecule has 0 fully saturated rings. The Morgan fingerprint density at radius 2 is 1.86 bits per heavy atom. The number of rotatable bonds is 6. The minimum Gasteiger partial charge on any atom is -0.480 e. The van der Waals surface area contributed by atoms with E-state index in [2.05, 4.69) is 5.32 Å². The average molecular weight is 292 g/mol. The van der Waals surface area contributed by atoms with E-state index >= 15 is 0 Å². The summed E-state index contributed by atoms with van der Waals surface area (Å²) in [5, 5.41) is 11.8. The summed E-state index contributed by atoms with van der Waals surface area (Å²) >= 11 is 0. The molecule has 21 heavy (non-hydrogen) atoms. The van der Waals surface area contributed by atoms with Crippen LogP contribution in [0.1, 0.15) is 37.9 Å². The van der Waals surface area contributed by atoms with Crippen LogP contribution in [-0.4, -0.2) is 35.1 Å². The molecule has 0 bridgehead atoms. The molecule has 0 radical (unpaired) electrons. The van der Waals surface area contributed by atoms with Gasteiger partial charge in [-0.3, -0.25) is 4.79 Å². The summed E-state index contributed by atoms with van der Waals surface area (Å²) in [7, 11) is 0. The molecule has 1 rings (SSSR count). The predicted molar refractivity (Wildman–Crippen MR) is 82.2 cm³/mol. The van der Waals surface area contributed by atoms with Gasteiger partial charge in [-0.2, -0.15) is 0 Å². The molecule has 116 valence electrons. The number of nitrogens with one attached hydrogen (secondary N) is 1. The number of urea groups is 1. The van der Waals surface area contributed by atoms with Crippen molar-refractivity contribution in [1.29, 1.82) is 0 Å². The standard InChI is InChI=1S/C16H24N2O3/c1-11(2)9-18(10-15(19)20)16(21)17-13(4)14-8-6-5-7-12(14)3/h5-8,11,13H,9-10H2,1-4H3,(H,17,21)(H,19,20). The molecule has 0 saturated heterocycles. The minimum atomic E-state index is -1.01. The molecule has 2 amide bonds. The minimum absolute atomic E-state index is 0.165. The zero-order valence-electron chi connectivity index (χ0n) is 13.1. The van der Waals surface area contributed by atoms with Crippen LogP contribution in [0.5, 0.6) is 0 Å². The Morgan fingerprint density at radius 1 is 1.24 bits per heavy atom. The van der Waals surface area contributed by atoms with E-state index in [0.717, 1.165) is 11.1 Å². The maximum atomic E-state index is 12.3. The van der Waals surface area contributed by atoms with Crippen LogP contribution in [0.2, 0.25) is 0 Å². The van der Waals surface area contributed by atoms with E-state index in [0.29, 0.717) is 6.54 Å². The first-order valence-electron chi connectivity index (χ1n) is 7.14. The Morgan fingerprint density at radius 3 is 2.38 bits per heavy atom. The van der Waals surface area contributed by atoms with Crippen molar-refractivity contribution in [3.05, 3.63) is 35.4 Å². The number of carbonyl (C=O) groups excluding carboxylic acids is 1. The van der Waals surface area contributed by atoms with Crippen molar-refractivity contribution in [2.45, 2.75) is 33.7 Å². The first kappa shape index (κ1) is 17.0. The van der Waals surface area contributed by atoms with Crippen LogP contribution >= 0.6 is 0 Å². The highest BCUT2D eigenvalue weighted by Gasteiger charge is 2.20. The fourth-order valence-electron chi connectivity index (χ4n) is 2.25. The lowest BCUT2D eigenvalue weighted by molar-refractivity contribution is -0.137. The molecular formula is C16H24N2O3. The second-order valence-corrected chi connectivity index (χ2v) is 5.70. The Labute approximate surface area is 126 Å². The molecule has 1 unspecified atom stereocenters. The molecule has 0 aliphatic heterocycles. The van der Waals surface area contributed by atoms with Gasteiger partial charge in [0, 0.05) is 6.54 Å². The number of hydrogen-bond acceptors (Lipinski definition) is 2. The van der Waals surface area contributed by atoms with Crippen molar-refractivity contribution in [2.75, 3.05) is 13.1 Å². The molecule has 5 heteroatoms. The average Bonchev–Trinajstić information content (AvgIpc) is 2.37. The largest absolute Gasteiger partial charge is 0.480 e. The summed E-state index contributed by atoms with van der Waals surface area (Å²) in [4.78, 5) is 24.5. The number of aryl methyl sites for hydroxylation is 1. The number of benzene rings is 1. The van der Waals surface area contributed by atoms with E-state index in [-0.39, 0.29) is 24.5 Å². The van der Waals surface area contributed by atoms with Gasteiger partial charge in [-0.25, -0.2) is 4.79 Å². The molecule has 2 N–H and O–H groups in total. The van der Waals surface area contributed by atoms with Crippen LogP contribution in [-0.2, 0) is 4.79 Å². The number of aliphatic carboxylic acids is 1. The predicted octanol–water partition coefficient (Wildman–Crippen LogP) is 2.81. The van der Waals surface area contributed by atoms with Crippen molar-refractivity contribution >= 4 is 12.0 Å². The van der Waals surface area contributed by atoms with Crippen molar-refractivity contribution < 1.29 is 14.7 Å². The lowest BCUT2D eigenvalue weighted by atomic mass is 10.0. The smallest absolute Gasteiger partial charge is 0.323 e.